The summed E-state index contributed by atoms with van der Waals surface area (Å²) in [6.45, 7) is 2.60. The van der Waals surface area contributed by atoms with Gasteiger partial charge < -0.3 is 0 Å². The lowest BCUT2D eigenvalue weighted by Gasteiger charge is -2.37. The first-order chi connectivity index (χ1) is 11.4. The number of benzene rings is 2. The summed E-state index contributed by atoms with van der Waals surface area (Å²) in [5, 5.41) is 0. The molecule has 0 N–H and O–H groups in total. The minimum absolute atomic E-state index is 0.731. The predicted molar refractivity (Wildman–Crippen MR) is 97.7 cm³/mol. The zero-order valence-electron chi connectivity index (χ0n) is 14.0. The van der Waals surface area contributed by atoms with E-state index in [0.717, 1.165) is 12.0 Å². The Bertz CT molecular complexity index is 610. The lowest BCUT2D eigenvalue weighted by Crippen LogP contribution is -2.40. The number of hydrogen-bond donors (Lipinski definition) is 0. The number of piperidine rings is 1. The molecule has 1 heteroatoms. The molecule has 1 heterocycles. The van der Waals surface area contributed by atoms with Gasteiger partial charge in [0, 0.05) is 12.6 Å². The van der Waals surface area contributed by atoms with Crippen molar-refractivity contribution in [2.45, 2.75) is 50.5 Å². The Kier molecular flexibility index (Phi) is 4.48. The van der Waals surface area contributed by atoms with Gasteiger partial charge in [-0.05, 0) is 54.8 Å². The summed E-state index contributed by atoms with van der Waals surface area (Å²) in [7, 11) is 0. The van der Waals surface area contributed by atoms with Gasteiger partial charge in [0.1, 0.15) is 0 Å². The van der Waals surface area contributed by atoms with Crippen molar-refractivity contribution < 1.29 is 0 Å². The lowest BCUT2D eigenvalue weighted by atomic mass is 9.88. The highest BCUT2D eigenvalue weighted by molar-refractivity contribution is 5.63. The second-order valence-electron chi connectivity index (χ2n) is 7.26. The quantitative estimate of drug-likeness (QED) is 0.726. The first kappa shape index (κ1) is 15.0. The van der Waals surface area contributed by atoms with Crippen LogP contribution in [0.4, 0.5) is 0 Å². The average molecular weight is 305 g/mol. The van der Waals surface area contributed by atoms with Crippen LogP contribution in [0.25, 0.3) is 11.1 Å². The molecular weight excluding hydrogens is 278 g/mol. The van der Waals surface area contributed by atoms with Crippen molar-refractivity contribution in [1.82, 2.24) is 4.90 Å². The zero-order chi connectivity index (χ0) is 15.5. The van der Waals surface area contributed by atoms with E-state index < -0.39 is 0 Å². The van der Waals surface area contributed by atoms with Crippen molar-refractivity contribution in [2.75, 3.05) is 13.1 Å². The molecule has 0 amide bonds. The second kappa shape index (κ2) is 6.88. The third kappa shape index (κ3) is 3.35. The van der Waals surface area contributed by atoms with E-state index >= 15 is 0 Å². The molecule has 1 saturated heterocycles. The normalized spacial score (nSPS) is 23.2. The van der Waals surface area contributed by atoms with Crippen LogP contribution in [-0.4, -0.2) is 24.0 Å². The van der Waals surface area contributed by atoms with Crippen molar-refractivity contribution in [3.05, 3.63) is 60.2 Å². The van der Waals surface area contributed by atoms with E-state index in [0.29, 0.717) is 0 Å². The average Bonchev–Trinajstić information content (AvgIpc) is 3.18. The number of likely N-dealkylation sites (tertiary alicyclic amines) is 1. The zero-order valence-corrected chi connectivity index (χ0v) is 14.0. The molecule has 4 rings (SSSR count). The molecule has 0 aromatic heterocycles. The lowest BCUT2D eigenvalue weighted by molar-refractivity contribution is 0.150. The van der Waals surface area contributed by atoms with Gasteiger partial charge in [0.2, 0.25) is 0 Å². The van der Waals surface area contributed by atoms with Gasteiger partial charge in [-0.25, -0.2) is 0 Å². The molecule has 2 aliphatic rings. The number of nitrogens with zero attached hydrogens (tertiary/aromatic N) is 1. The molecule has 0 spiro atoms. The highest BCUT2D eigenvalue weighted by atomic mass is 15.2. The fourth-order valence-corrected chi connectivity index (χ4v) is 4.46. The summed E-state index contributed by atoms with van der Waals surface area (Å²) in [5.41, 5.74) is 4.18. The van der Waals surface area contributed by atoms with Gasteiger partial charge in [-0.1, -0.05) is 67.4 Å². The fraction of sp³-hybridized carbons (Fsp3) is 0.455. The molecule has 2 aromatic rings. The van der Waals surface area contributed by atoms with Crippen molar-refractivity contribution in [3.8, 4) is 11.1 Å². The Hall–Kier alpha value is -1.60. The molecule has 1 nitrogen and oxygen atoms in total. The summed E-state index contributed by atoms with van der Waals surface area (Å²) in [6.07, 6.45) is 8.46. The molecule has 0 bridgehead atoms. The van der Waals surface area contributed by atoms with E-state index in [4.69, 9.17) is 0 Å². The summed E-state index contributed by atoms with van der Waals surface area (Å²) >= 11 is 0. The molecule has 1 unspecified atom stereocenters. The van der Waals surface area contributed by atoms with Gasteiger partial charge in [-0.15, -0.1) is 0 Å². The van der Waals surface area contributed by atoms with Crippen LogP contribution in [0.5, 0.6) is 0 Å². The van der Waals surface area contributed by atoms with Gasteiger partial charge in [-0.2, -0.15) is 0 Å². The Balaban J connectivity index is 1.47. The van der Waals surface area contributed by atoms with Crippen molar-refractivity contribution >= 4 is 0 Å². The van der Waals surface area contributed by atoms with E-state index in [1.54, 1.807) is 0 Å². The number of rotatable bonds is 3. The Morgan fingerprint density at radius 3 is 2.13 bits per heavy atom. The predicted octanol–water partition coefficient (Wildman–Crippen LogP) is 5.48. The summed E-state index contributed by atoms with van der Waals surface area (Å²) < 4.78 is 0. The second-order valence-corrected chi connectivity index (χ2v) is 7.26. The molecule has 1 saturated carbocycles. The van der Waals surface area contributed by atoms with Crippen LogP contribution in [0.1, 0.15) is 50.0 Å². The van der Waals surface area contributed by atoms with Gasteiger partial charge in [0.05, 0.1) is 0 Å². The molecule has 0 radical (unpaired) electrons. The van der Waals surface area contributed by atoms with Gasteiger partial charge >= 0.3 is 0 Å². The van der Waals surface area contributed by atoms with E-state index in [2.05, 4.69) is 59.5 Å². The van der Waals surface area contributed by atoms with Gasteiger partial charge in [-0.3, -0.25) is 4.90 Å². The SMILES string of the molecule is c1ccc(-c2ccc(C3CCCN(C4CCCC4)C3)cc2)cc1. The van der Waals surface area contributed by atoms with E-state index in [1.165, 1.54) is 68.3 Å². The van der Waals surface area contributed by atoms with Crippen molar-refractivity contribution in [2.24, 2.45) is 0 Å². The molecular formula is C22H27N. The Morgan fingerprint density at radius 2 is 1.39 bits per heavy atom. The molecule has 1 aliphatic carbocycles. The van der Waals surface area contributed by atoms with Crippen LogP contribution in [0.15, 0.2) is 54.6 Å². The molecule has 23 heavy (non-hydrogen) atoms. The first-order valence-electron chi connectivity index (χ1n) is 9.29. The molecule has 1 aliphatic heterocycles. The van der Waals surface area contributed by atoms with E-state index in [-0.39, 0.29) is 0 Å². The highest BCUT2D eigenvalue weighted by Crippen LogP contribution is 2.33. The third-order valence-corrected chi connectivity index (χ3v) is 5.78. The summed E-state index contributed by atoms with van der Waals surface area (Å²) in [5.74, 6) is 0.731. The maximum atomic E-state index is 2.78. The molecule has 2 aromatic carbocycles. The monoisotopic (exact) mass is 305 g/mol. The smallest absolute Gasteiger partial charge is 0.00955 e. The summed E-state index contributed by atoms with van der Waals surface area (Å²) in [6, 6.07) is 20.9. The number of hydrogen-bond acceptors (Lipinski definition) is 1. The van der Waals surface area contributed by atoms with Crippen LogP contribution < -0.4 is 0 Å². The van der Waals surface area contributed by atoms with Crippen LogP contribution in [0, 0.1) is 0 Å². The summed E-state index contributed by atoms with van der Waals surface area (Å²) in [4.78, 5) is 2.78. The van der Waals surface area contributed by atoms with Crippen LogP contribution in [0.2, 0.25) is 0 Å². The van der Waals surface area contributed by atoms with E-state index in [1.807, 2.05) is 0 Å². The van der Waals surface area contributed by atoms with Crippen LogP contribution >= 0.6 is 0 Å². The van der Waals surface area contributed by atoms with Crippen LogP contribution in [-0.2, 0) is 0 Å². The maximum Gasteiger partial charge on any atom is 0.00955 e. The van der Waals surface area contributed by atoms with Crippen molar-refractivity contribution in [1.29, 1.82) is 0 Å². The minimum Gasteiger partial charge on any atom is -0.300 e. The topological polar surface area (TPSA) is 3.24 Å². The maximum absolute atomic E-state index is 2.78. The molecule has 120 valence electrons. The highest BCUT2D eigenvalue weighted by Gasteiger charge is 2.28. The largest absolute Gasteiger partial charge is 0.300 e. The minimum atomic E-state index is 0.731. The Morgan fingerprint density at radius 1 is 0.696 bits per heavy atom. The molecule has 1 atom stereocenters. The first-order valence-corrected chi connectivity index (χ1v) is 9.29. The van der Waals surface area contributed by atoms with E-state index in [9.17, 15) is 0 Å². The van der Waals surface area contributed by atoms with Crippen molar-refractivity contribution in [3.63, 3.8) is 0 Å². The van der Waals surface area contributed by atoms with Gasteiger partial charge in [0.15, 0.2) is 0 Å². The standard InChI is InChI=1S/C22H27N/c1-2-7-18(8-3-1)19-12-14-20(15-13-19)21-9-6-16-23(17-21)22-10-4-5-11-22/h1-3,7-8,12-15,21-22H,4-6,9-11,16-17H2. The van der Waals surface area contributed by atoms with Gasteiger partial charge in [0.25, 0.3) is 0 Å². The third-order valence-electron chi connectivity index (χ3n) is 5.78. The Labute approximate surface area is 140 Å². The fourth-order valence-electron chi connectivity index (χ4n) is 4.46. The van der Waals surface area contributed by atoms with Crippen LogP contribution in [0.3, 0.4) is 0 Å². The molecule has 2 fully saturated rings.